The number of benzene rings is 1. The molecule has 0 saturated carbocycles. The van der Waals surface area contributed by atoms with E-state index in [0.29, 0.717) is 0 Å². The van der Waals surface area contributed by atoms with Crippen LogP contribution in [0.25, 0.3) is 5.57 Å². The molecular weight excluding hydrogens is 209 g/mol. The second-order valence-corrected chi connectivity index (χ2v) is 4.97. The summed E-state index contributed by atoms with van der Waals surface area (Å²) in [6.07, 6.45) is 0. The molecule has 1 aliphatic heterocycles. The molecule has 1 aliphatic rings. The number of rotatable bonds is 1. The Bertz CT molecular complexity index is 529. The third-order valence-corrected chi connectivity index (χ3v) is 3.42. The SMILES string of the molecule is [B]C1(C)NC(=O)C(c2cc(C)ccc2C)=C1C. The molecular formula is C14H16BNO. The predicted octanol–water partition coefficient (Wildman–Crippen LogP) is 2.09. The van der Waals surface area contributed by atoms with Crippen LogP contribution in [0.3, 0.4) is 0 Å². The van der Waals surface area contributed by atoms with Gasteiger partial charge in [-0.15, -0.1) is 0 Å². The van der Waals surface area contributed by atoms with Gasteiger partial charge in [-0.2, -0.15) is 0 Å². The molecule has 1 atom stereocenters. The van der Waals surface area contributed by atoms with Crippen LogP contribution in [0.1, 0.15) is 30.5 Å². The van der Waals surface area contributed by atoms with E-state index in [0.717, 1.165) is 27.8 Å². The highest BCUT2D eigenvalue weighted by Gasteiger charge is 2.35. The molecule has 86 valence electrons. The molecule has 0 spiro atoms. The zero-order chi connectivity index (χ0) is 12.8. The van der Waals surface area contributed by atoms with E-state index >= 15 is 0 Å². The van der Waals surface area contributed by atoms with Crippen LogP contribution in [0.4, 0.5) is 0 Å². The van der Waals surface area contributed by atoms with Gasteiger partial charge < -0.3 is 5.32 Å². The Balaban J connectivity index is 2.64. The summed E-state index contributed by atoms with van der Waals surface area (Å²) >= 11 is 0. The maximum atomic E-state index is 12.0. The Labute approximate surface area is 104 Å². The van der Waals surface area contributed by atoms with Crippen LogP contribution in [0.15, 0.2) is 23.8 Å². The second-order valence-electron chi connectivity index (χ2n) is 4.97. The lowest BCUT2D eigenvalue weighted by Gasteiger charge is -2.20. The molecule has 1 aromatic carbocycles. The fourth-order valence-electron chi connectivity index (χ4n) is 2.15. The van der Waals surface area contributed by atoms with Gasteiger partial charge in [0.1, 0.15) is 7.85 Å². The molecule has 0 saturated heterocycles. The van der Waals surface area contributed by atoms with Crippen LogP contribution in [0.2, 0.25) is 0 Å². The van der Waals surface area contributed by atoms with Gasteiger partial charge in [0.05, 0.1) is 0 Å². The lowest BCUT2D eigenvalue weighted by atomic mass is 9.74. The van der Waals surface area contributed by atoms with Crippen molar-refractivity contribution in [3.05, 3.63) is 40.5 Å². The van der Waals surface area contributed by atoms with Gasteiger partial charge in [0.15, 0.2) is 0 Å². The molecule has 1 heterocycles. The number of carbonyl (C=O) groups excluding carboxylic acids is 1. The number of hydrogen-bond acceptors (Lipinski definition) is 1. The molecule has 0 aliphatic carbocycles. The van der Waals surface area contributed by atoms with Crippen LogP contribution >= 0.6 is 0 Å². The minimum atomic E-state index is -0.734. The molecule has 3 heteroatoms. The summed E-state index contributed by atoms with van der Waals surface area (Å²) in [6.45, 7) is 7.76. The molecule has 0 bridgehead atoms. The van der Waals surface area contributed by atoms with Gasteiger partial charge in [-0.3, -0.25) is 4.79 Å². The highest BCUT2D eigenvalue weighted by Crippen LogP contribution is 2.32. The van der Waals surface area contributed by atoms with Gasteiger partial charge in [0, 0.05) is 11.0 Å². The number of carbonyl (C=O) groups is 1. The molecule has 2 radical (unpaired) electrons. The van der Waals surface area contributed by atoms with E-state index in [2.05, 4.69) is 5.32 Å². The minimum absolute atomic E-state index is 0.0822. The standard InChI is InChI=1S/C14H16BNO/c1-8-5-6-9(2)11(7-8)12-10(3)14(4,15)16-13(12)17/h5-7H,1-4H3,(H,16,17). The Morgan fingerprint density at radius 3 is 2.41 bits per heavy atom. The van der Waals surface area contributed by atoms with Crippen molar-refractivity contribution < 1.29 is 4.79 Å². The molecule has 1 amide bonds. The Kier molecular flexibility index (Phi) is 2.65. The first-order valence-corrected chi connectivity index (χ1v) is 5.73. The molecule has 0 aromatic heterocycles. The van der Waals surface area contributed by atoms with Crippen LogP contribution < -0.4 is 5.32 Å². The Morgan fingerprint density at radius 1 is 1.24 bits per heavy atom. The predicted molar refractivity (Wildman–Crippen MR) is 70.8 cm³/mol. The van der Waals surface area contributed by atoms with Gasteiger partial charge in [0.25, 0.3) is 5.91 Å². The third kappa shape index (κ3) is 1.90. The molecule has 2 nitrogen and oxygen atoms in total. The number of aryl methyl sites for hydroxylation is 2. The topological polar surface area (TPSA) is 29.1 Å². The molecule has 1 N–H and O–H groups in total. The summed E-state index contributed by atoms with van der Waals surface area (Å²) < 4.78 is 0. The zero-order valence-corrected chi connectivity index (χ0v) is 10.7. The molecule has 17 heavy (non-hydrogen) atoms. The zero-order valence-electron chi connectivity index (χ0n) is 10.7. The number of hydrogen-bond donors (Lipinski definition) is 1. The maximum absolute atomic E-state index is 12.0. The fourth-order valence-corrected chi connectivity index (χ4v) is 2.15. The van der Waals surface area contributed by atoms with Crippen molar-refractivity contribution >= 4 is 19.3 Å². The average molecular weight is 225 g/mol. The van der Waals surface area contributed by atoms with E-state index < -0.39 is 5.44 Å². The van der Waals surface area contributed by atoms with E-state index in [1.165, 1.54) is 0 Å². The summed E-state index contributed by atoms with van der Waals surface area (Å²) in [5, 5.41) is 2.80. The van der Waals surface area contributed by atoms with Crippen molar-refractivity contribution in [2.24, 2.45) is 0 Å². The number of amides is 1. The highest BCUT2D eigenvalue weighted by molar-refractivity contribution is 6.31. The van der Waals surface area contributed by atoms with Gasteiger partial charge in [-0.25, -0.2) is 0 Å². The van der Waals surface area contributed by atoms with Crippen LogP contribution in [0, 0.1) is 13.8 Å². The minimum Gasteiger partial charge on any atom is -0.352 e. The Morgan fingerprint density at radius 2 is 1.88 bits per heavy atom. The molecule has 2 rings (SSSR count). The van der Waals surface area contributed by atoms with Gasteiger partial charge in [-0.05, 0) is 44.4 Å². The van der Waals surface area contributed by atoms with Crippen LogP contribution in [0.5, 0.6) is 0 Å². The monoisotopic (exact) mass is 225 g/mol. The lowest BCUT2D eigenvalue weighted by molar-refractivity contribution is -0.115. The van der Waals surface area contributed by atoms with Crippen molar-refractivity contribution in [1.82, 2.24) is 5.32 Å². The molecule has 1 unspecified atom stereocenters. The summed E-state index contributed by atoms with van der Waals surface area (Å²) in [7, 11) is 6.04. The maximum Gasteiger partial charge on any atom is 0.251 e. The van der Waals surface area contributed by atoms with Crippen molar-refractivity contribution in [1.29, 1.82) is 0 Å². The van der Waals surface area contributed by atoms with Gasteiger partial charge >= 0.3 is 0 Å². The largest absolute Gasteiger partial charge is 0.352 e. The Hall–Kier alpha value is -1.51. The van der Waals surface area contributed by atoms with Crippen molar-refractivity contribution in [2.75, 3.05) is 0 Å². The highest BCUT2D eigenvalue weighted by atomic mass is 16.2. The van der Waals surface area contributed by atoms with Crippen molar-refractivity contribution in [3.8, 4) is 0 Å². The smallest absolute Gasteiger partial charge is 0.251 e. The lowest BCUT2D eigenvalue weighted by Crippen LogP contribution is -2.41. The van der Waals surface area contributed by atoms with E-state index in [1.54, 1.807) is 0 Å². The first-order chi connectivity index (χ1) is 7.83. The first-order valence-electron chi connectivity index (χ1n) is 5.73. The van der Waals surface area contributed by atoms with E-state index in [1.807, 2.05) is 45.9 Å². The van der Waals surface area contributed by atoms with Crippen molar-refractivity contribution in [3.63, 3.8) is 0 Å². The summed E-state index contributed by atoms with van der Waals surface area (Å²) in [6, 6.07) is 6.11. The second kappa shape index (κ2) is 3.76. The number of nitrogens with one attached hydrogen (secondary N) is 1. The first kappa shape index (κ1) is 12.0. The molecule has 1 aromatic rings. The summed E-state index contributed by atoms with van der Waals surface area (Å²) in [4.78, 5) is 12.0. The third-order valence-electron chi connectivity index (χ3n) is 3.42. The average Bonchev–Trinajstić information content (AvgIpc) is 2.41. The van der Waals surface area contributed by atoms with E-state index in [9.17, 15) is 4.79 Å². The van der Waals surface area contributed by atoms with Gasteiger partial charge in [-0.1, -0.05) is 23.8 Å². The summed E-state index contributed by atoms with van der Waals surface area (Å²) in [5.41, 5.74) is 4.10. The quantitative estimate of drug-likeness (QED) is 0.728. The fraction of sp³-hybridized carbons (Fsp3) is 0.357. The van der Waals surface area contributed by atoms with Crippen LogP contribution in [-0.4, -0.2) is 19.2 Å². The summed E-state index contributed by atoms with van der Waals surface area (Å²) in [5.74, 6) is -0.0822. The van der Waals surface area contributed by atoms with Gasteiger partial charge in [0.2, 0.25) is 0 Å². The van der Waals surface area contributed by atoms with Crippen LogP contribution in [-0.2, 0) is 4.79 Å². The van der Waals surface area contributed by atoms with Crippen molar-refractivity contribution in [2.45, 2.75) is 33.1 Å². The van der Waals surface area contributed by atoms with E-state index in [4.69, 9.17) is 7.85 Å². The normalized spacial score (nSPS) is 24.1. The molecule has 0 fully saturated rings. The van der Waals surface area contributed by atoms with E-state index in [-0.39, 0.29) is 5.91 Å².